The van der Waals surface area contributed by atoms with Gasteiger partial charge in [0.25, 0.3) is 10.0 Å². The molecule has 1 aliphatic rings. The predicted octanol–water partition coefficient (Wildman–Crippen LogP) is 2.39. The van der Waals surface area contributed by atoms with Crippen molar-refractivity contribution in [1.29, 1.82) is 0 Å². The van der Waals surface area contributed by atoms with Gasteiger partial charge in [0.15, 0.2) is 0 Å². The summed E-state index contributed by atoms with van der Waals surface area (Å²) in [5.41, 5.74) is 1.57. The van der Waals surface area contributed by atoms with Gasteiger partial charge in [0, 0.05) is 23.7 Å². The van der Waals surface area contributed by atoms with Crippen LogP contribution in [0.15, 0.2) is 34.5 Å². The number of benzene rings is 1. The van der Waals surface area contributed by atoms with Gasteiger partial charge in [0.1, 0.15) is 4.21 Å². The van der Waals surface area contributed by atoms with E-state index in [0.717, 1.165) is 36.0 Å². The molecule has 1 saturated heterocycles. The lowest BCUT2D eigenvalue weighted by molar-refractivity contribution is -0.115. The molecule has 1 fully saturated rings. The van der Waals surface area contributed by atoms with E-state index in [2.05, 4.69) is 10.0 Å². The number of sulfonamides is 2. The van der Waals surface area contributed by atoms with Crippen molar-refractivity contribution in [2.75, 3.05) is 29.4 Å². The molecule has 2 heterocycles. The van der Waals surface area contributed by atoms with Crippen LogP contribution < -0.4 is 10.0 Å². The smallest absolute Gasteiger partial charge is 0.252 e. The molecular weight excluding hydrogens is 434 g/mol. The van der Waals surface area contributed by atoms with Crippen LogP contribution in [0.2, 0.25) is 0 Å². The number of thiophene rings is 1. The molecule has 0 bridgehead atoms. The lowest BCUT2D eigenvalue weighted by Gasteiger charge is -2.13. The number of anilines is 2. The van der Waals surface area contributed by atoms with E-state index in [9.17, 15) is 21.6 Å². The molecule has 29 heavy (non-hydrogen) atoms. The maximum absolute atomic E-state index is 12.6. The highest BCUT2D eigenvalue weighted by Crippen LogP contribution is 2.28. The van der Waals surface area contributed by atoms with Crippen LogP contribution in [0.1, 0.15) is 23.3 Å². The number of carbonyl (C=O) groups excluding carboxylic acids is 1. The van der Waals surface area contributed by atoms with Crippen LogP contribution in [0.5, 0.6) is 0 Å². The minimum atomic E-state index is -3.49. The summed E-state index contributed by atoms with van der Waals surface area (Å²) in [5, 5.41) is 2.72. The molecule has 2 N–H and O–H groups in total. The van der Waals surface area contributed by atoms with Gasteiger partial charge in [-0.25, -0.2) is 16.8 Å². The van der Waals surface area contributed by atoms with Crippen molar-refractivity contribution in [3.8, 4) is 0 Å². The maximum Gasteiger partial charge on any atom is 0.252 e. The van der Waals surface area contributed by atoms with E-state index in [1.165, 1.54) is 4.31 Å². The third-order valence-corrected chi connectivity index (χ3v) is 8.49. The van der Waals surface area contributed by atoms with Crippen molar-refractivity contribution in [2.45, 2.75) is 30.4 Å². The predicted molar refractivity (Wildman–Crippen MR) is 114 cm³/mol. The van der Waals surface area contributed by atoms with Gasteiger partial charge in [-0.3, -0.25) is 9.52 Å². The normalized spacial score (nSPS) is 15.4. The van der Waals surface area contributed by atoms with Crippen molar-refractivity contribution >= 4 is 48.7 Å². The van der Waals surface area contributed by atoms with Crippen molar-refractivity contribution in [2.24, 2.45) is 0 Å². The quantitative estimate of drug-likeness (QED) is 0.663. The summed E-state index contributed by atoms with van der Waals surface area (Å²) in [7, 11) is -6.92. The fourth-order valence-corrected chi connectivity index (χ4v) is 6.67. The molecule has 3 rings (SSSR count). The van der Waals surface area contributed by atoms with Gasteiger partial charge in [-0.1, -0.05) is 6.07 Å². The molecule has 8 nitrogen and oxygen atoms in total. The molecule has 158 valence electrons. The Morgan fingerprint density at radius 2 is 1.79 bits per heavy atom. The second kappa shape index (κ2) is 8.42. The summed E-state index contributed by atoms with van der Waals surface area (Å²) in [6.45, 7) is 2.83. The van der Waals surface area contributed by atoms with Gasteiger partial charge < -0.3 is 5.32 Å². The highest BCUT2D eigenvalue weighted by molar-refractivity contribution is 7.92. The fraction of sp³-hybridized carbons (Fsp3) is 0.389. The van der Waals surface area contributed by atoms with Crippen LogP contribution >= 0.6 is 11.3 Å². The van der Waals surface area contributed by atoms with Gasteiger partial charge in [0.05, 0.1) is 18.4 Å². The number of amides is 1. The molecular formula is C18H23N3O5S3. The van der Waals surface area contributed by atoms with Gasteiger partial charge in [-0.2, -0.15) is 4.31 Å². The molecule has 0 atom stereocenters. The number of hydrogen-bond acceptors (Lipinski definition) is 6. The van der Waals surface area contributed by atoms with E-state index in [-0.39, 0.29) is 16.5 Å². The van der Waals surface area contributed by atoms with E-state index < -0.39 is 20.0 Å². The van der Waals surface area contributed by atoms with Crippen LogP contribution in [-0.4, -0.2) is 46.4 Å². The molecule has 0 saturated carbocycles. The molecule has 1 aromatic carbocycles. The Balaban J connectivity index is 1.67. The molecule has 11 heteroatoms. The van der Waals surface area contributed by atoms with Crippen LogP contribution in [0.25, 0.3) is 0 Å². The van der Waals surface area contributed by atoms with E-state index in [1.54, 1.807) is 37.3 Å². The first-order valence-electron chi connectivity index (χ1n) is 9.02. The minimum absolute atomic E-state index is 0.0307. The highest BCUT2D eigenvalue weighted by Gasteiger charge is 2.28. The molecule has 1 amide bonds. The lowest BCUT2D eigenvalue weighted by Crippen LogP contribution is -2.27. The van der Waals surface area contributed by atoms with Crippen molar-refractivity contribution in [3.63, 3.8) is 0 Å². The van der Waals surface area contributed by atoms with Crippen molar-refractivity contribution < 1.29 is 21.6 Å². The number of nitrogens with one attached hydrogen (secondary N) is 2. The van der Waals surface area contributed by atoms with Crippen molar-refractivity contribution in [3.05, 3.63) is 40.8 Å². The Hall–Kier alpha value is -1.95. The van der Waals surface area contributed by atoms with E-state index in [0.29, 0.717) is 29.3 Å². The number of rotatable bonds is 7. The number of aryl methyl sites for hydroxylation is 1. The van der Waals surface area contributed by atoms with Crippen LogP contribution in [0.4, 0.5) is 11.4 Å². The molecule has 0 aliphatic carbocycles. The topological polar surface area (TPSA) is 113 Å². The standard InChI is InChI=1S/C18H23N3O5S3/c1-13-5-6-14(11-16(13)20-28(2,23)24)19-17(22)12-15-7-8-18(27-15)29(25,26)21-9-3-4-10-21/h5-8,11,20H,3-4,9-10,12H2,1-2H3,(H,19,22). The fourth-order valence-electron chi connectivity index (χ4n) is 3.02. The first-order chi connectivity index (χ1) is 13.5. The highest BCUT2D eigenvalue weighted by atomic mass is 32.2. The van der Waals surface area contributed by atoms with Crippen LogP contribution in [0.3, 0.4) is 0 Å². The summed E-state index contributed by atoms with van der Waals surface area (Å²) in [6.07, 6.45) is 2.82. The van der Waals surface area contributed by atoms with Crippen molar-refractivity contribution in [1.82, 2.24) is 4.31 Å². The number of carbonyl (C=O) groups is 1. The second-order valence-electron chi connectivity index (χ2n) is 6.96. The number of nitrogens with zero attached hydrogens (tertiary/aromatic N) is 1. The van der Waals surface area contributed by atoms with Gasteiger partial charge >= 0.3 is 0 Å². The maximum atomic E-state index is 12.6. The zero-order valence-electron chi connectivity index (χ0n) is 16.1. The Labute approximate surface area is 175 Å². The summed E-state index contributed by atoms with van der Waals surface area (Å²) < 4.78 is 52.2. The van der Waals surface area contributed by atoms with Gasteiger partial charge in [-0.05, 0) is 49.6 Å². The lowest BCUT2D eigenvalue weighted by atomic mass is 10.2. The molecule has 1 aromatic heterocycles. The summed E-state index contributed by atoms with van der Waals surface area (Å²) in [5.74, 6) is -0.314. The second-order valence-corrected chi connectivity index (χ2v) is 12.0. The van der Waals surface area contributed by atoms with Gasteiger partial charge in [0.2, 0.25) is 15.9 Å². The summed E-state index contributed by atoms with van der Waals surface area (Å²) in [6, 6.07) is 8.12. The summed E-state index contributed by atoms with van der Waals surface area (Å²) in [4.78, 5) is 13.0. The van der Waals surface area contributed by atoms with E-state index in [1.807, 2.05) is 0 Å². The number of hydrogen-bond donors (Lipinski definition) is 2. The largest absolute Gasteiger partial charge is 0.326 e. The monoisotopic (exact) mass is 457 g/mol. The molecule has 0 unspecified atom stereocenters. The molecule has 1 aliphatic heterocycles. The first-order valence-corrected chi connectivity index (χ1v) is 13.2. The van der Waals surface area contributed by atoms with Gasteiger partial charge in [-0.15, -0.1) is 11.3 Å². The Morgan fingerprint density at radius 3 is 2.45 bits per heavy atom. The average molecular weight is 458 g/mol. The van der Waals surface area contributed by atoms with E-state index >= 15 is 0 Å². The average Bonchev–Trinajstić information content (AvgIpc) is 3.28. The third kappa shape index (κ3) is 5.56. The van der Waals surface area contributed by atoms with Crippen LogP contribution in [-0.2, 0) is 31.3 Å². The Kier molecular flexibility index (Phi) is 6.32. The molecule has 2 aromatic rings. The third-order valence-electron chi connectivity index (χ3n) is 4.45. The zero-order chi connectivity index (χ0) is 21.2. The van der Waals surface area contributed by atoms with E-state index in [4.69, 9.17) is 0 Å². The Morgan fingerprint density at radius 1 is 1.10 bits per heavy atom. The Bertz CT molecular complexity index is 1120. The van der Waals surface area contributed by atoms with Crippen LogP contribution in [0, 0.1) is 6.92 Å². The zero-order valence-corrected chi connectivity index (χ0v) is 18.6. The molecule has 0 spiro atoms. The minimum Gasteiger partial charge on any atom is -0.326 e. The first kappa shape index (κ1) is 21.8. The SMILES string of the molecule is Cc1ccc(NC(=O)Cc2ccc(S(=O)(=O)N3CCCC3)s2)cc1NS(C)(=O)=O. The molecule has 0 radical (unpaired) electrons. The summed E-state index contributed by atoms with van der Waals surface area (Å²) >= 11 is 1.10.